The van der Waals surface area contributed by atoms with E-state index >= 15 is 0 Å². The van der Waals surface area contributed by atoms with E-state index in [-0.39, 0.29) is 5.41 Å². The van der Waals surface area contributed by atoms with Gasteiger partial charge in [0.1, 0.15) is 0 Å². The molecule has 3 aliphatic carbocycles. The molecule has 20 heavy (non-hydrogen) atoms. The molecule has 1 nitrogen and oxygen atoms in total. The summed E-state index contributed by atoms with van der Waals surface area (Å²) in [5, 5.41) is 0. The first-order chi connectivity index (χ1) is 9.77. The molecular formula is C19H21N. The lowest BCUT2D eigenvalue weighted by Crippen LogP contribution is -2.28. The maximum atomic E-state index is 6.27. The second-order valence-corrected chi connectivity index (χ2v) is 6.57. The van der Waals surface area contributed by atoms with Crippen LogP contribution in [0.5, 0.6) is 0 Å². The molecule has 4 rings (SSSR count). The molecule has 0 amide bonds. The Hall–Kier alpha value is -1.60. The van der Waals surface area contributed by atoms with Crippen molar-refractivity contribution in [3.05, 3.63) is 65.3 Å². The van der Waals surface area contributed by atoms with Crippen molar-refractivity contribution < 1.29 is 0 Å². The van der Waals surface area contributed by atoms with Gasteiger partial charge < -0.3 is 5.73 Å². The van der Waals surface area contributed by atoms with Crippen molar-refractivity contribution in [1.29, 1.82) is 0 Å². The van der Waals surface area contributed by atoms with Gasteiger partial charge in [-0.25, -0.2) is 0 Å². The van der Waals surface area contributed by atoms with Crippen LogP contribution in [0.25, 0.3) is 6.08 Å². The molecule has 0 heterocycles. The molecule has 0 saturated heterocycles. The lowest BCUT2D eigenvalue weighted by atomic mass is 9.71. The van der Waals surface area contributed by atoms with E-state index in [0.29, 0.717) is 12.0 Å². The van der Waals surface area contributed by atoms with Crippen molar-refractivity contribution in [1.82, 2.24) is 0 Å². The number of benzene rings is 1. The molecule has 0 radical (unpaired) electrons. The van der Waals surface area contributed by atoms with Gasteiger partial charge in [0, 0.05) is 12.0 Å². The van der Waals surface area contributed by atoms with Crippen molar-refractivity contribution in [3.8, 4) is 0 Å². The summed E-state index contributed by atoms with van der Waals surface area (Å²) >= 11 is 0. The summed E-state index contributed by atoms with van der Waals surface area (Å²) in [6, 6.07) is 9.30. The standard InChI is InChI=1S/C19H21N/c20-17-9-10-19(13-17)12-16-7-2-1-5-14(16)11-15-6-3-4-8-18(15)19/h1-8,11,16-17H,9-10,12-13,20H2. The molecule has 1 heteroatoms. The van der Waals surface area contributed by atoms with Gasteiger partial charge in [-0.15, -0.1) is 0 Å². The molecule has 0 bridgehead atoms. The molecule has 3 atom stereocenters. The number of nitrogens with two attached hydrogens (primary N) is 1. The van der Waals surface area contributed by atoms with Crippen LogP contribution in [-0.4, -0.2) is 6.04 Å². The molecule has 1 spiro atoms. The average molecular weight is 263 g/mol. The van der Waals surface area contributed by atoms with Crippen LogP contribution < -0.4 is 5.73 Å². The van der Waals surface area contributed by atoms with E-state index in [4.69, 9.17) is 5.73 Å². The van der Waals surface area contributed by atoms with Gasteiger partial charge in [-0.2, -0.15) is 0 Å². The molecule has 3 unspecified atom stereocenters. The normalized spacial score (nSPS) is 34.5. The van der Waals surface area contributed by atoms with Gasteiger partial charge in [0.25, 0.3) is 0 Å². The van der Waals surface area contributed by atoms with Gasteiger partial charge >= 0.3 is 0 Å². The Labute approximate surface area is 120 Å². The number of hydrogen-bond donors (Lipinski definition) is 1. The topological polar surface area (TPSA) is 26.0 Å². The van der Waals surface area contributed by atoms with Crippen LogP contribution in [0.4, 0.5) is 0 Å². The summed E-state index contributed by atoms with van der Waals surface area (Å²) in [5.41, 5.74) is 10.9. The predicted molar refractivity (Wildman–Crippen MR) is 84.3 cm³/mol. The molecule has 1 aromatic rings. The summed E-state index contributed by atoms with van der Waals surface area (Å²) in [6.07, 6.45) is 16.1. The number of rotatable bonds is 0. The Bertz CT molecular complexity index is 622. The highest BCUT2D eigenvalue weighted by atomic mass is 14.7. The van der Waals surface area contributed by atoms with Gasteiger partial charge in [-0.1, -0.05) is 54.6 Å². The highest BCUT2D eigenvalue weighted by molar-refractivity contribution is 5.64. The van der Waals surface area contributed by atoms with Crippen molar-refractivity contribution in [2.75, 3.05) is 0 Å². The Morgan fingerprint density at radius 1 is 1.10 bits per heavy atom. The second-order valence-electron chi connectivity index (χ2n) is 6.57. The number of hydrogen-bond acceptors (Lipinski definition) is 1. The minimum atomic E-state index is 0.286. The van der Waals surface area contributed by atoms with E-state index in [1.165, 1.54) is 29.5 Å². The molecule has 0 aromatic heterocycles. The van der Waals surface area contributed by atoms with Gasteiger partial charge in [-0.05, 0) is 47.8 Å². The molecule has 3 aliphatic rings. The molecule has 0 aliphatic heterocycles. The zero-order valence-corrected chi connectivity index (χ0v) is 11.8. The van der Waals surface area contributed by atoms with Crippen LogP contribution in [0.2, 0.25) is 0 Å². The van der Waals surface area contributed by atoms with Crippen molar-refractivity contribution in [3.63, 3.8) is 0 Å². The van der Waals surface area contributed by atoms with Gasteiger partial charge in [-0.3, -0.25) is 0 Å². The van der Waals surface area contributed by atoms with E-state index in [2.05, 4.69) is 54.6 Å². The van der Waals surface area contributed by atoms with Gasteiger partial charge in [0.15, 0.2) is 0 Å². The maximum absolute atomic E-state index is 6.27. The molecule has 1 saturated carbocycles. The number of allylic oxidation sites excluding steroid dienone is 5. The summed E-state index contributed by atoms with van der Waals surface area (Å²) < 4.78 is 0. The molecule has 1 aromatic carbocycles. The Morgan fingerprint density at radius 3 is 2.85 bits per heavy atom. The summed E-state index contributed by atoms with van der Waals surface area (Å²) in [5.74, 6) is 0.553. The fourth-order valence-electron chi connectivity index (χ4n) is 4.35. The minimum Gasteiger partial charge on any atom is -0.328 e. The van der Waals surface area contributed by atoms with E-state index < -0.39 is 0 Å². The van der Waals surface area contributed by atoms with E-state index in [1.807, 2.05) is 0 Å². The van der Waals surface area contributed by atoms with Crippen LogP contribution in [-0.2, 0) is 5.41 Å². The first kappa shape index (κ1) is 12.2. The molecule has 2 N–H and O–H groups in total. The highest BCUT2D eigenvalue weighted by Gasteiger charge is 2.43. The summed E-state index contributed by atoms with van der Waals surface area (Å²) in [6.45, 7) is 0. The molecular weight excluding hydrogens is 242 g/mol. The third-order valence-corrected chi connectivity index (χ3v) is 5.28. The van der Waals surface area contributed by atoms with E-state index in [9.17, 15) is 0 Å². The smallest absolute Gasteiger partial charge is 0.00476 e. The fraction of sp³-hybridized carbons (Fsp3) is 0.368. The second kappa shape index (κ2) is 4.46. The van der Waals surface area contributed by atoms with E-state index in [0.717, 1.165) is 12.8 Å². The maximum Gasteiger partial charge on any atom is 0.00476 e. The van der Waals surface area contributed by atoms with Gasteiger partial charge in [0.2, 0.25) is 0 Å². The lowest BCUT2D eigenvalue weighted by Gasteiger charge is -2.33. The van der Waals surface area contributed by atoms with Crippen LogP contribution in [0.15, 0.2) is 54.1 Å². The molecule has 102 valence electrons. The monoisotopic (exact) mass is 263 g/mol. The predicted octanol–water partition coefficient (Wildman–Crippen LogP) is 3.96. The number of fused-ring (bicyclic) bond motifs is 3. The average Bonchev–Trinajstić information content (AvgIpc) is 2.77. The Balaban J connectivity index is 1.88. The third kappa shape index (κ3) is 1.81. The van der Waals surface area contributed by atoms with Crippen LogP contribution in [0, 0.1) is 5.92 Å². The van der Waals surface area contributed by atoms with Crippen LogP contribution >= 0.6 is 0 Å². The van der Waals surface area contributed by atoms with Crippen molar-refractivity contribution in [2.45, 2.75) is 37.1 Å². The SMILES string of the molecule is NC1CCC2(C1)CC1C=CC=CC1=Cc1ccccc12. The van der Waals surface area contributed by atoms with Crippen molar-refractivity contribution >= 4 is 6.08 Å². The first-order valence-electron chi connectivity index (χ1n) is 7.68. The highest BCUT2D eigenvalue weighted by Crippen LogP contribution is 2.50. The largest absolute Gasteiger partial charge is 0.328 e. The van der Waals surface area contributed by atoms with E-state index in [1.54, 1.807) is 0 Å². The zero-order chi connectivity index (χ0) is 13.6. The van der Waals surface area contributed by atoms with Gasteiger partial charge in [0.05, 0.1) is 0 Å². The quantitative estimate of drug-likeness (QED) is 0.753. The fourth-order valence-corrected chi connectivity index (χ4v) is 4.35. The van der Waals surface area contributed by atoms with Crippen LogP contribution in [0.1, 0.15) is 36.8 Å². The van der Waals surface area contributed by atoms with Crippen LogP contribution in [0.3, 0.4) is 0 Å². The zero-order valence-electron chi connectivity index (χ0n) is 11.8. The third-order valence-electron chi connectivity index (χ3n) is 5.28. The lowest BCUT2D eigenvalue weighted by molar-refractivity contribution is 0.371. The Morgan fingerprint density at radius 2 is 2.00 bits per heavy atom. The Kier molecular flexibility index (Phi) is 2.71. The summed E-state index contributed by atoms with van der Waals surface area (Å²) in [7, 11) is 0. The first-order valence-corrected chi connectivity index (χ1v) is 7.68. The molecule has 1 fully saturated rings. The summed E-state index contributed by atoms with van der Waals surface area (Å²) in [4.78, 5) is 0. The van der Waals surface area contributed by atoms with Crippen molar-refractivity contribution in [2.24, 2.45) is 11.7 Å². The minimum absolute atomic E-state index is 0.286.